The van der Waals surface area contributed by atoms with Gasteiger partial charge in [-0.2, -0.15) is 0 Å². The summed E-state index contributed by atoms with van der Waals surface area (Å²) < 4.78 is 0. The second-order valence-corrected chi connectivity index (χ2v) is 8.04. The molecule has 2 unspecified atom stereocenters. The molecule has 0 aliphatic rings. The van der Waals surface area contributed by atoms with E-state index in [1.165, 1.54) is 0 Å². The molecule has 0 aliphatic heterocycles. The third-order valence-corrected chi connectivity index (χ3v) is 3.25. The fourth-order valence-electron chi connectivity index (χ4n) is 2.05. The van der Waals surface area contributed by atoms with Crippen molar-refractivity contribution in [1.29, 1.82) is 0 Å². The maximum Gasteiger partial charge on any atom is 0.118 e. The van der Waals surface area contributed by atoms with Crippen LogP contribution in [0.1, 0.15) is 91.6 Å². The van der Waals surface area contributed by atoms with Crippen LogP contribution in [0.2, 0.25) is 0 Å². The van der Waals surface area contributed by atoms with Gasteiger partial charge in [-0.3, -0.25) is 0 Å². The van der Waals surface area contributed by atoms with Crippen LogP contribution in [0.3, 0.4) is 0 Å². The lowest BCUT2D eigenvalue weighted by atomic mass is 10.0. The van der Waals surface area contributed by atoms with E-state index in [1.807, 2.05) is 41.5 Å². The van der Waals surface area contributed by atoms with Crippen molar-refractivity contribution in [2.24, 2.45) is 0 Å². The van der Waals surface area contributed by atoms with E-state index in [-0.39, 0.29) is 23.4 Å². The monoisotopic (exact) mass is 338 g/mol. The van der Waals surface area contributed by atoms with Crippen LogP contribution in [0.5, 0.6) is 0 Å². The van der Waals surface area contributed by atoms with Crippen LogP contribution < -0.4 is 0 Å². The highest BCUT2D eigenvalue weighted by molar-refractivity contribution is 5.25. The van der Waals surface area contributed by atoms with Crippen molar-refractivity contribution in [1.82, 2.24) is 0 Å². The van der Waals surface area contributed by atoms with Gasteiger partial charge in [-0.1, -0.05) is 38.1 Å². The van der Waals surface area contributed by atoms with Gasteiger partial charge in [0, 0.05) is 0 Å². The molecule has 0 aromatic heterocycles. The first kappa shape index (κ1) is 21.1. The SMILES string of the molecule is CCC(OOC(C)(C)C)c1ccc(C(CC)OOC(C)(C)C)cc1. The van der Waals surface area contributed by atoms with Gasteiger partial charge >= 0.3 is 0 Å². The van der Waals surface area contributed by atoms with E-state index < -0.39 is 0 Å². The van der Waals surface area contributed by atoms with E-state index in [2.05, 4.69) is 38.1 Å². The van der Waals surface area contributed by atoms with Gasteiger partial charge in [0.15, 0.2) is 0 Å². The topological polar surface area (TPSA) is 36.9 Å². The number of hydrogen-bond acceptors (Lipinski definition) is 4. The summed E-state index contributed by atoms with van der Waals surface area (Å²) in [5.41, 5.74) is 1.55. The van der Waals surface area contributed by atoms with Gasteiger partial charge in [0.25, 0.3) is 0 Å². The number of hydrogen-bond donors (Lipinski definition) is 0. The molecule has 1 aromatic carbocycles. The molecule has 4 nitrogen and oxygen atoms in total. The lowest BCUT2D eigenvalue weighted by molar-refractivity contribution is -0.376. The Kier molecular flexibility index (Phi) is 7.87. The van der Waals surface area contributed by atoms with Gasteiger partial charge in [0.2, 0.25) is 0 Å². The second kappa shape index (κ2) is 8.95. The molecule has 24 heavy (non-hydrogen) atoms. The van der Waals surface area contributed by atoms with Crippen LogP contribution in [0.25, 0.3) is 0 Å². The predicted octanol–water partition coefficient (Wildman–Crippen LogP) is 6.08. The molecule has 138 valence electrons. The molecule has 0 spiro atoms. The van der Waals surface area contributed by atoms with E-state index in [4.69, 9.17) is 19.6 Å². The molecule has 0 amide bonds. The van der Waals surface area contributed by atoms with E-state index in [9.17, 15) is 0 Å². The molecule has 4 heteroatoms. The van der Waals surface area contributed by atoms with Crippen molar-refractivity contribution in [3.05, 3.63) is 35.4 Å². The van der Waals surface area contributed by atoms with E-state index in [1.54, 1.807) is 0 Å². The van der Waals surface area contributed by atoms with Crippen molar-refractivity contribution in [2.75, 3.05) is 0 Å². The maximum absolute atomic E-state index is 5.60. The Bertz CT molecular complexity index is 423. The van der Waals surface area contributed by atoms with Gasteiger partial charge in [-0.15, -0.1) is 0 Å². The first-order chi connectivity index (χ1) is 11.1. The van der Waals surface area contributed by atoms with Crippen LogP contribution in [0.4, 0.5) is 0 Å². The Morgan fingerprint density at radius 2 is 0.958 bits per heavy atom. The number of benzene rings is 1. The Labute approximate surface area is 147 Å². The molecule has 0 saturated carbocycles. The predicted molar refractivity (Wildman–Crippen MR) is 96.4 cm³/mol. The van der Waals surface area contributed by atoms with Gasteiger partial charge in [-0.25, -0.2) is 19.6 Å². The first-order valence-corrected chi connectivity index (χ1v) is 8.84. The Hall–Kier alpha value is -0.940. The fraction of sp³-hybridized carbons (Fsp3) is 0.700. The summed E-state index contributed by atoms with van der Waals surface area (Å²) >= 11 is 0. The molecule has 0 fully saturated rings. The molecule has 0 bridgehead atoms. The molecular formula is C20H34O4. The van der Waals surface area contributed by atoms with Crippen molar-refractivity contribution < 1.29 is 19.6 Å². The zero-order valence-electron chi connectivity index (χ0n) is 16.5. The van der Waals surface area contributed by atoms with Crippen LogP contribution in [-0.4, -0.2) is 11.2 Å². The number of rotatable bonds is 8. The average molecular weight is 338 g/mol. The van der Waals surface area contributed by atoms with Crippen LogP contribution in [0.15, 0.2) is 24.3 Å². The smallest absolute Gasteiger partial charge is 0.118 e. The molecular weight excluding hydrogens is 304 g/mol. The summed E-state index contributed by atoms with van der Waals surface area (Å²) in [6.45, 7) is 16.0. The van der Waals surface area contributed by atoms with Crippen LogP contribution in [0, 0.1) is 0 Å². The summed E-state index contributed by atoms with van der Waals surface area (Å²) in [5, 5.41) is 0. The van der Waals surface area contributed by atoms with Crippen LogP contribution in [-0.2, 0) is 19.6 Å². The minimum absolute atomic E-state index is 0.0786. The average Bonchev–Trinajstić information content (AvgIpc) is 2.47. The zero-order valence-corrected chi connectivity index (χ0v) is 16.5. The standard InChI is InChI=1S/C20H34O4/c1-9-17(21-23-19(3,4)5)15-11-13-16(14-12-15)18(10-2)22-24-20(6,7)8/h11-14,17-18H,9-10H2,1-8H3. The van der Waals surface area contributed by atoms with E-state index in [0.29, 0.717) is 0 Å². The van der Waals surface area contributed by atoms with Crippen molar-refractivity contribution >= 4 is 0 Å². The largest absolute Gasteiger partial charge is 0.230 e. The summed E-state index contributed by atoms with van der Waals surface area (Å²) in [6.07, 6.45) is 1.53. The molecule has 2 atom stereocenters. The van der Waals surface area contributed by atoms with Gasteiger partial charge in [0.05, 0.1) is 11.2 Å². The van der Waals surface area contributed by atoms with E-state index in [0.717, 1.165) is 24.0 Å². The lowest BCUT2D eigenvalue weighted by Crippen LogP contribution is -2.21. The van der Waals surface area contributed by atoms with Crippen molar-refractivity contribution in [2.45, 2.75) is 91.6 Å². The lowest BCUT2D eigenvalue weighted by Gasteiger charge is -2.24. The molecule has 0 saturated heterocycles. The quantitative estimate of drug-likeness (QED) is 0.425. The summed E-state index contributed by atoms with van der Waals surface area (Å²) in [6, 6.07) is 8.27. The summed E-state index contributed by atoms with van der Waals surface area (Å²) in [7, 11) is 0. The van der Waals surface area contributed by atoms with Crippen molar-refractivity contribution in [3.8, 4) is 0 Å². The van der Waals surface area contributed by atoms with E-state index >= 15 is 0 Å². The minimum Gasteiger partial charge on any atom is -0.230 e. The zero-order chi connectivity index (χ0) is 18.4. The highest BCUT2D eigenvalue weighted by atomic mass is 17.2. The second-order valence-electron chi connectivity index (χ2n) is 8.04. The van der Waals surface area contributed by atoms with Gasteiger partial charge in [0.1, 0.15) is 12.2 Å². The highest BCUT2D eigenvalue weighted by Gasteiger charge is 2.20. The highest BCUT2D eigenvalue weighted by Crippen LogP contribution is 2.28. The van der Waals surface area contributed by atoms with Gasteiger partial charge in [-0.05, 0) is 65.5 Å². The molecule has 0 aliphatic carbocycles. The Morgan fingerprint density at radius 1 is 0.667 bits per heavy atom. The van der Waals surface area contributed by atoms with Crippen molar-refractivity contribution in [3.63, 3.8) is 0 Å². The molecule has 1 rings (SSSR count). The molecule has 0 radical (unpaired) electrons. The Balaban J connectivity index is 2.74. The minimum atomic E-state index is -0.321. The Morgan fingerprint density at radius 3 is 1.17 bits per heavy atom. The third kappa shape index (κ3) is 7.75. The molecule has 1 aromatic rings. The van der Waals surface area contributed by atoms with Gasteiger partial charge < -0.3 is 0 Å². The normalized spacial score (nSPS) is 15.3. The summed E-state index contributed by atoms with van der Waals surface area (Å²) in [4.78, 5) is 22.1. The fourth-order valence-corrected chi connectivity index (χ4v) is 2.05. The maximum atomic E-state index is 5.60. The third-order valence-electron chi connectivity index (χ3n) is 3.25. The first-order valence-electron chi connectivity index (χ1n) is 8.84. The molecule has 0 N–H and O–H groups in total. The van der Waals surface area contributed by atoms with Crippen LogP contribution >= 0.6 is 0 Å². The summed E-state index contributed by atoms with van der Waals surface area (Å²) in [5.74, 6) is 0. The molecule has 0 heterocycles.